The first-order chi connectivity index (χ1) is 9.20. The predicted octanol–water partition coefficient (Wildman–Crippen LogP) is 3.14. The van der Waals surface area contributed by atoms with Crippen LogP contribution in [0.2, 0.25) is 0 Å². The number of carbonyl (C=O) groups is 1. The van der Waals surface area contributed by atoms with Crippen LogP contribution in [-0.4, -0.2) is 23.2 Å². The molecule has 1 saturated carbocycles. The van der Waals surface area contributed by atoms with E-state index < -0.39 is 5.97 Å². The van der Waals surface area contributed by atoms with Gasteiger partial charge < -0.3 is 14.8 Å². The largest absolute Gasteiger partial charge is 0.496 e. The number of nitrogens with one attached hydrogen (secondary N) is 1. The minimum Gasteiger partial charge on any atom is -0.496 e. The lowest BCUT2D eigenvalue weighted by Gasteiger charge is -2.14. The van der Waals surface area contributed by atoms with Gasteiger partial charge in [-0.15, -0.1) is 0 Å². The zero-order valence-electron chi connectivity index (χ0n) is 10.8. The van der Waals surface area contributed by atoms with Crippen LogP contribution in [-0.2, 0) is 4.79 Å². The highest BCUT2D eigenvalue weighted by Crippen LogP contribution is 2.47. The topological polar surface area (TPSA) is 62.3 Å². The number of hydrogen-bond donors (Lipinski definition) is 2. The summed E-state index contributed by atoms with van der Waals surface area (Å²) in [5.41, 5.74) is 2.09. The molecular weight excluding hydrogens is 242 g/mol. The molecule has 0 saturated heterocycles. The summed E-state index contributed by atoms with van der Waals surface area (Å²) >= 11 is 0. The second kappa shape index (κ2) is 4.61. The summed E-state index contributed by atoms with van der Waals surface area (Å²) in [5, 5.41) is 10.1. The highest BCUT2D eigenvalue weighted by atomic mass is 16.5. The van der Waals surface area contributed by atoms with E-state index in [0.29, 0.717) is 5.92 Å². The van der Waals surface area contributed by atoms with Crippen LogP contribution in [0.4, 0.5) is 0 Å². The first kappa shape index (κ1) is 12.1. The van der Waals surface area contributed by atoms with Gasteiger partial charge in [0.25, 0.3) is 0 Å². The third kappa shape index (κ3) is 2.18. The zero-order chi connectivity index (χ0) is 13.4. The van der Waals surface area contributed by atoms with Gasteiger partial charge in [-0.05, 0) is 42.4 Å². The molecule has 19 heavy (non-hydrogen) atoms. The van der Waals surface area contributed by atoms with Crippen LogP contribution in [0.15, 0.2) is 24.4 Å². The van der Waals surface area contributed by atoms with Gasteiger partial charge in [-0.25, -0.2) is 0 Å². The van der Waals surface area contributed by atoms with Crippen molar-refractivity contribution in [2.75, 3.05) is 7.11 Å². The third-order valence-electron chi connectivity index (χ3n) is 3.90. The Bertz CT molecular complexity index is 613. The maximum atomic E-state index is 11.1. The fraction of sp³-hybridized carbons (Fsp3) is 0.400. The molecular formula is C15H17NO3. The molecule has 0 amide bonds. The normalized spacial score (nSPS) is 16.5. The average Bonchev–Trinajstić information content (AvgIpc) is 3.14. The fourth-order valence-electron chi connectivity index (χ4n) is 2.86. The summed E-state index contributed by atoms with van der Waals surface area (Å²) < 4.78 is 5.41. The van der Waals surface area contributed by atoms with Gasteiger partial charge in [0.2, 0.25) is 0 Å². The number of H-pyrrole nitrogens is 1. The van der Waals surface area contributed by atoms with Crippen molar-refractivity contribution in [3.63, 3.8) is 0 Å². The molecule has 1 aromatic carbocycles. The molecule has 1 aromatic heterocycles. The van der Waals surface area contributed by atoms with Crippen molar-refractivity contribution in [1.82, 2.24) is 4.98 Å². The number of benzene rings is 1. The van der Waals surface area contributed by atoms with Crippen molar-refractivity contribution in [2.45, 2.75) is 25.2 Å². The summed E-state index contributed by atoms with van der Waals surface area (Å²) in [6, 6.07) is 5.85. The number of fused-ring (bicyclic) bond motifs is 1. The maximum absolute atomic E-state index is 11.1. The number of carboxylic acids is 1. The molecule has 3 rings (SSSR count). The number of aliphatic carboxylic acids is 1. The summed E-state index contributed by atoms with van der Waals surface area (Å²) in [6.07, 6.45) is 4.38. The van der Waals surface area contributed by atoms with E-state index in [4.69, 9.17) is 9.84 Å². The van der Waals surface area contributed by atoms with Crippen molar-refractivity contribution in [3.05, 3.63) is 30.0 Å². The Morgan fingerprint density at radius 1 is 1.53 bits per heavy atom. The Hall–Kier alpha value is -1.97. The Morgan fingerprint density at radius 2 is 2.32 bits per heavy atom. The van der Waals surface area contributed by atoms with Gasteiger partial charge in [0.05, 0.1) is 13.5 Å². The predicted molar refractivity (Wildman–Crippen MR) is 72.6 cm³/mol. The zero-order valence-corrected chi connectivity index (χ0v) is 10.8. The lowest BCUT2D eigenvalue weighted by Crippen LogP contribution is -2.08. The summed E-state index contributed by atoms with van der Waals surface area (Å²) in [7, 11) is 1.65. The summed E-state index contributed by atoms with van der Waals surface area (Å²) in [5.74, 6) is 0.661. The Balaban J connectivity index is 2.09. The molecule has 1 aliphatic rings. The highest BCUT2D eigenvalue weighted by Gasteiger charge is 2.35. The second-order valence-corrected chi connectivity index (χ2v) is 5.17. The minimum atomic E-state index is -0.735. The SMILES string of the molecule is COc1cccc2[nH]cc(C(CC(=O)O)C3CC3)c12. The smallest absolute Gasteiger partial charge is 0.303 e. The van der Waals surface area contributed by atoms with Crippen LogP contribution in [0, 0.1) is 5.92 Å². The number of aromatic amines is 1. The molecule has 1 heterocycles. The quantitative estimate of drug-likeness (QED) is 0.867. The van der Waals surface area contributed by atoms with E-state index in [1.54, 1.807) is 7.11 Å². The van der Waals surface area contributed by atoms with Crippen molar-refractivity contribution in [1.29, 1.82) is 0 Å². The van der Waals surface area contributed by atoms with Crippen LogP contribution < -0.4 is 4.74 Å². The van der Waals surface area contributed by atoms with E-state index in [1.165, 1.54) is 0 Å². The molecule has 100 valence electrons. The van der Waals surface area contributed by atoms with E-state index >= 15 is 0 Å². The van der Waals surface area contributed by atoms with Gasteiger partial charge in [0.1, 0.15) is 5.75 Å². The number of aromatic nitrogens is 1. The molecule has 2 N–H and O–H groups in total. The molecule has 0 spiro atoms. The fourth-order valence-corrected chi connectivity index (χ4v) is 2.86. The monoisotopic (exact) mass is 259 g/mol. The third-order valence-corrected chi connectivity index (χ3v) is 3.90. The summed E-state index contributed by atoms with van der Waals surface area (Å²) in [6.45, 7) is 0. The highest BCUT2D eigenvalue weighted by molar-refractivity contribution is 5.90. The minimum absolute atomic E-state index is 0.0857. The standard InChI is InChI=1S/C15H17NO3/c1-19-13-4-2-3-12-15(13)11(8-16-12)10(7-14(17)18)9-5-6-9/h2-4,8-10,16H,5-7H2,1H3,(H,17,18). The average molecular weight is 259 g/mol. The first-order valence-electron chi connectivity index (χ1n) is 6.56. The number of carboxylic acid groups (broad SMARTS) is 1. The molecule has 1 aliphatic carbocycles. The molecule has 0 bridgehead atoms. The van der Waals surface area contributed by atoms with Crippen molar-refractivity contribution >= 4 is 16.9 Å². The van der Waals surface area contributed by atoms with E-state index in [-0.39, 0.29) is 12.3 Å². The molecule has 2 aromatic rings. The van der Waals surface area contributed by atoms with Crippen LogP contribution in [0.3, 0.4) is 0 Å². The molecule has 0 aliphatic heterocycles. The van der Waals surface area contributed by atoms with Crippen molar-refractivity contribution < 1.29 is 14.6 Å². The summed E-state index contributed by atoms with van der Waals surface area (Å²) in [4.78, 5) is 14.3. The van der Waals surface area contributed by atoms with Crippen LogP contribution >= 0.6 is 0 Å². The number of methoxy groups -OCH3 is 1. The molecule has 1 unspecified atom stereocenters. The lowest BCUT2D eigenvalue weighted by atomic mass is 9.90. The van der Waals surface area contributed by atoms with E-state index in [1.807, 2.05) is 24.4 Å². The molecule has 1 fully saturated rings. The van der Waals surface area contributed by atoms with E-state index in [0.717, 1.165) is 35.1 Å². The lowest BCUT2D eigenvalue weighted by molar-refractivity contribution is -0.137. The van der Waals surface area contributed by atoms with Crippen molar-refractivity contribution in [3.8, 4) is 5.75 Å². The van der Waals surface area contributed by atoms with Crippen LogP contribution in [0.25, 0.3) is 10.9 Å². The van der Waals surface area contributed by atoms with E-state index in [2.05, 4.69) is 4.98 Å². The van der Waals surface area contributed by atoms with Gasteiger partial charge in [0.15, 0.2) is 0 Å². The number of rotatable bonds is 5. The molecule has 4 nitrogen and oxygen atoms in total. The Morgan fingerprint density at radius 3 is 2.95 bits per heavy atom. The molecule has 0 radical (unpaired) electrons. The first-order valence-corrected chi connectivity index (χ1v) is 6.56. The van der Waals surface area contributed by atoms with Gasteiger partial charge >= 0.3 is 5.97 Å². The van der Waals surface area contributed by atoms with Gasteiger partial charge in [0, 0.05) is 17.1 Å². The van der Waals surface area contributed by atoms with Crippen LogP contribution in [0.1, 0.15) is 30.7 Å². The molecule has 1 atom stereocenters. The van der Waals surface area contributed by atoms with E-state index in [9.17, 15) is 4.79 Å². The van der Waals surface area contributed by atoms with Crippen molar-refractivity contribution in [2.24, 2.45) is 5.92 Å². The molecule has 4 heteroatoms. The second-order valence-electron chi connectivity index (χ2n) is 5.17. The van der Waals surface area contributed by atoms with Gasteiger partial charge in [-0.3, -0.25) is 4.79 Å². The van der Waals surface area contributed by atoms with Crippen LogP contribution in [0.5, 0.6) is 5.75 Å². The Kier molecular flexibility index (Phi) is 2.93. The van der Waals surface area contributed by atoms with Gasteiger partial charge in [-0.1, -0.05) is 6.07 Å². The number of hydrogen-bond acceptors (Lipinski definition) is 2. The number of ether oxygens (including phenoxy) is 1. The maximum Gasteiger partial charge on any atom is 0.303 e. The van der Waals surface area contributed by atoms with Gasteiger partial charge in [-0.2, -0.15) is 0 Å². The Labute approximate surface area is 111 Å².